The Morgan fingerprint density at radius 2 is 1.86 bits per heavy atom. The number of ether oxygens (including phenoxy) is 1. The third kappa shape index (κ3) is 2.54. The Hall–Kier alpha value is -2.42. The van der Waals surface area contributed by atoms with Crippen LogP contribution in [0.5, 0.6) is 5.75 Å². The molecular formula is C19H22N2O. The number of nitrogen functional groups attached to an aromatic ring is 1. The summed E-state index contributed by atoms with van der Waals surface area (Å²) in [4.78, 5) is 0. The van der Waals surface area contributed by atoms with Crippen LogP contribution in [0.15, 0.2) is 48.7 Å². The Morgan fingerprint density at radius 3 is 2.59 bits per heavy atom. The van der Waals surface area contributed by atoms with Gasteiger partial charge in [-0.05, 0) is 44.5 Å². The molecule has 0 bridgehead atoms. The fourth-order valence-electron chi connectivity index (χ4n) is 2.84. The number of para-hydroxylation sites is 1. The minimum absolute atomic E-state index is 0.386. The van der Waals surface area contributed by atoms with E-state index in [1.54, 1.807) is 0 Å². The van der Waals surface area contributed by atoms with Crippen LogP contribution in [-0.2, 0) is 6.61 Å². The van der Waals surface area contributed by atoms with Gasteiger partial charge in [-0.25, -0.2) is 0 Å². The first-order valence-corrected chi connectivity index (χ1v) is 7.64. The van der Waals surface area contributed by atoms with Crippen molar-refractivity contribution < 1.29 is 4.74 Å². The van der Waals surface area contributed by atoms with Gasteiger partial charge in [-0.15, -0.1) is 0 Å². The lowest BCUT2D eigenvalue weighted by Crippen LogP contribution is -1.99. The largest absolute Gasteiger partial charge is 0.489 e. The number of fused-ring (bicyclic) bond motifs is 1. The van der Waals surface area contributed by atoms with Gasteiger partial charge in [0.25, 0.3) is 0 Å². The first-order valence-electron chi connectivity index (χ1n) is 7.64. The van der Waals surface area contributed by atoms with Gasteiger partial charge in [-0.1, -0.05) is 24.3 Å². The van der Waals surface area contributed by atoms with E-state index in [1.165, 1.54) is 5.52 Å². The van der Waals surface area contributed by atoms with Gasteiger partial charge in [-0.3, -0.25) is 0 Å². The van der Waals surface area contributed by atoms with E-state index in [1.807, 2.05) is 30.3 Å². The van der Waals surface area contributed by atoms with Crippen LogP contribution in [0.4, 0.5) is 5.69 Å². The second-order valence-electron chi connectivity index (χ2n) is 5.95. The van der Waals surface area contributed by atoms with Crippen molar-refractivity contribution >= 4 is 16.6 Å². The highest BCUT2D eigenvalue weighted by atomic mass is 16.5. The average Bonchev–Trinajstić information content (AvgIpc) is 2.87. The van der Waals surface area contributed by atoms with E-state index >= 15 is 0 Å². The number of hydrogen-bond donors (Lipinski definition) is 1. The van der Waals surface area contributed by atoms with Crippen molar-refractivity contribution in [1.29, 1.82) is 0 Å². The van der Waals surface area contributed by atoms with E-state index in [0.717, 1.165) is 28.0 Å². The molecule has 3 rings (SSSR count). The second-order valence-corrected chi connectivity index (χ2v) is 5.95. The van der Waals surface area contributed by atoms with Gasteiger partial charge in [0.1, 0.15) is 12.4 Å². The number of nitrogens with zero attached hydrogens (tertiary/aromatic N) is 1. The summed E-state index contributed by atoms with van der Waals surface area (Å²) in [5.41, 5.74) is 10.4. The minimum atomic E-state index is 0.386. The predicted molar refractivity (Wildman–Crippen MR) is 92.2 cm³/mol. The molecule has 1 aromatic heterocycles. The van der Waals surface area contributed by atoms with E-state index in [0.29, 0.717) is 12.6 Å². The van der Waals surface area contributed by atoms with Gasteiger partial charge in [0.2, 0.25) is 0 Å². The van der Waals surface area contributed by atoms with Crippen molar-refractivity contribution in [2.45, 2.75) is 33.4 Å². The van der Waals surface area contributed by atoms with Crippen molar-refractivity contribution in [3.05, 3.63) is 59.8 Å². The van der Waals surface area contributed by atoms with Gasteiger partial charge in [-0.2, -0.15) is 0 Å². The fraction of sp³-hybridized carbons (Fsp3) is 0.263. The zero-order valence-corrected chi connectivity index (χ0v) is 13.3. The number of aryl methyl sites for hydroxylation is 1. The third-order valence-electron chi connectivity index (χ3n) is 4.00. The van der Waals surface area contributed by atoms with Crippen molar-refractivity contribution in [2.75, 3.05) is 5.73 Å². The summed E-state index contributed by atoms with van der Waals surface area (Å²) >= 11 is 0. The predicted octanol–water partition coefficient (Wildman–Crippen LogP) is 4.69. The van der Waals surface area contributed by atoms with Gasteiger partial charge in [0.05, 0.1) is 5.52 Å². The van der Waals surface area contributed by atoms with Crippen molar-refractivity contribution in [2.24, 2.45) is 0 Å². The molecule has 0 saturated heterocycles. The molecule has 0 unspecified atom stereocenters. The monoisotopic (exact) mass is 294 g/mol. The molecule has 3 heteroatoms. The van der Waals surface area contributed by atoms with E-state index in [-0.39, 0.29) is 0 Å². The Labute approximate surface area is 131 Å². The molecule has 0 aliphatic heterocycles. The van der Waals surface area contributed by atoms with Gasteiger partial charge < -0.3 is 15.0 Å². The van der Waals surface area contributed by atoms with Crippen LogP contribution in [0, 0.1) is 6.92 Å². The maximum Gasteiger partial charge on any atom is 0.122 e. The average molecular weight is 294 g/mol. The van der Waals surface area contributed by atoms with Crippen LogP contribution in [0.2, 0.25) is 0 Å². The van der Waals surface area contributed by atoms with Crippen molar-refractivity contribution in [3.8, 4) is 5.75 Å². The molecule has 0 radical (unpaired) electrons. The molecule has 0 fully saturated rings. The minimum Gasteiger partial charge on any atom is -0.489 e. The molecule has 0 aliphatic rings. The Balaban J connectivity index is 1.99. The second kappa shape index (κ2) is 5.76. The third-order valence-corrected chi connectivity index (χ3v) is 4.00. The maximum absolute atomic E-state index is 6.20. The normalized spacial score (nSPS) is 11.3. The van der Waals surface area contributed by atoms with Crippen LogP contribution >= 0.6 is 0 Å². The molecule has 0 saturated carbocycles. The lowest BCUT2D eigenvalue weighted by Gasteiger charge is -2.09. The highest BCUT2D eigenvalue weighted by Crippen LogP contribution is 2.30. The quantitative estimate of drug-likeness (QED) is 0.709. The zero-order chi connectivity index (χ0) is 15.7. The summed E-state index contributed by atoms with van der Waals surface area (Å²) < 4.78 is 8.26. The summed E-state index contributed by atoms with van der Waals surface area (Å²) in [6.45, 7) is 6.93. The lowest BCUT2D eigenvalue weighted by atomic mass is 10.1. The molecule has 0 atom stereocenters. The molecule has 1 heterocycles. The Bertz CT molecular complexity index is 802. The van der Waals surface area contributed by atoms with Gasteiger partial charge >= 0.3 is 0 Å². The highest BCUT2D eigenvalue weighted by molar-refractivity contribution is 5.94. The highest BCUT2D eigenvalue weighted by Gasteiger charge is 2.13. The summed E-state index contributed by atoms with van der Waals surface area (Å²) in [5.74, 6) is 0.919. The fourth-order valence-corrected chi connectivity index (χ4v) is 2.84. The number of aromatic nitrogens is 1. The number of anilines is 1. The van der Waals surface area contributed by atoms with Crippen LogP contribution in [-0.4, -0.2) is 4.57 Å². The molecule has 0 amide bonds. The molecule has 0 spiro atoms. The van der Waals surface area contributed by atoms with E-state index < -0.39 is 0 Å². The van der Waals surface area contributed by atoms with E-state index in [9.17, 15) is 0 Å². The van der Waals surface area contributed by atoms with Crippen LogP contribution < -0.4 is 10.5 Å². The SMILES string of the molecule is Cc1ccccc1OCc1cn(C(C)C)c2cccc(N)c12. The Kier molecular flexibility index (Phi) is 3.80. The first kappa shape index (κ1) is 14.5. The smallest absolute Gasteiger partial charge is 0.122 e. The Morgan fingerprint density at radius 1 is 1.09 bits per heavy atom. The van der Waals surface area contributed by atoms with Gasteiger partial charge in [0.15, 0.2) is 0 Å². The molecule has 0 aliphatic carbocycles. The molecule has 22 heavy (non-hydrogen) atoms. The molecule has 3 nitrogen and oxygen atoms in total. The summed E-state index contributed by atoms with van der Waals surface area (Å²) in [6, 6.07) is 14.5. The first-order chi connectivity index (χ1) is 10.6. The molecule has 3 aromatic rings. The molecule has 2 N–H and O–H groups in total. The van der Waals surface area contributed by atoms with Gasteiger partial charge in [0, 0.05) is 28.9 Å². The standard InChI is InChI=1S/C19H22N2O/c1-13(2)21-11-15(19-16(20)8-6-9-17(19)21)12-22-18-10-5-4-7-14(18)3/h4-11,13H,12,20H2,1-3H3. The maximum atomic E-state index is 6.20. The van der Waals surface area contributed by atoms with Crippen molar-refractivity contribution in [1.82, 2.24) is 4.57 Å². The van der Waals surface area contributed by atoms with Crippen LogP contribution in [0.1, 0.15) is 31.0 Å². The molecular weight excluding hydrogens is 272 g/mol. The lowest BCUT2D eigenvalue weighted by molar-refractivity contribution is 0.305. The number of hydrogen-bond acceptors (Lipinski definition) is 2. The van der Waals surface area contributed by atoms with Crippen LogP contribution in [0.3, 0.4) is 0 Å². The zero-order valence-electron chi connectivity index (χ0n) is 13.3. The molecule has 2 aromatic carbocycles. The topological polar surface area (TPSA) is 40.2 Å². The van der Waals surface area contributed by atoms with E-state index in [4.69, 9.17) is 10.5 Å². The number of rotatable bonds is 4. The number of benzene rings is 2. The van der Waals surface area contributed by atoms with Crippen molar-refractivity contribution in [3.63, 3.8) is 0 Å². The summed E-state index contributed by atoms with van der Waals surface area (Å²) in [7, 11) is 0. The number of nitrogens with two attached hydrogens (primary N) is 1. The summed E-state index contributed by atoms with van der Waals surface area (Å²) in [5, 5.41) is 1.10. The summed E-state index contributed by atoms with van der Waals surface area (Å²) in [6.07, 6.45) is 2.16. The molecule has 114 valence electrons. The van der Waals surface area contributed by atoms with Crippen LogP contribution in [0.25, 0.3) is 10.9 Å². The van der Waals surface area contributed by atoms with E-state index in [2.05, 4.69) is 43.7 Å².